The van der Waals surface area contributed by atoms with Crippen LogP contribution in [-0.4, -0.2) is 37.9 Å². The van der Waals surface area contributed by atoms with Crippen molar-refractivity contribution in [2.45, 2.75) is 0 Å². The van der Waals surface area contributed by atoms with E-state index in [1.807, 2.05) is 12.1 Å². The molecule has 0 aliphatic carbocycles. The van der Waals surface area contributed by atoms with Gasteiger partial charge >= 0.3 is 0 Å². The molecule has 1 N–H and O–H groups in total. The van der Waals surface area contributed by atoms with E-state index in [0.29, 0.717) is 35.6 Å². The third-order valence-electron chi connectivity index (χ3n) is 4.07. The van der Waals surface area contributed by atoms with Crippen molar-refractivity contribution in [1.29, 1.82) is 0 Å². The highest BCUT2D eigenvalue weighted by molar-refractivity contribution is 7.92. The molecule has 0 saturated heterocycles. The monoisotopic (exact) mass is 417 g/mol. The molecular weight excluding hydrogens is 402 g/mol. The van der Waals surface area contributed by atoms with E-state index in [2.05, 4.69) is 14.7 Å². The molecule has 0 spiro atoms. The Morgan fingerprint density at radius 1 is 1.04 bits per heavy atom. The highest BCUT2D eigenvalue weighted by Crippen LogP contribution is 2.39. The quantitative estimate of drug-likeness (QED) is 0.697. The molecule has 3 aromatic rings. The third kappa shape index (κ3) is 3.88. The average Bonchev–Trinajstić information content (AvgIpc) is 2.66. The molecule has 1 aliphatic rings. The van der Waals surface area contributed by atoms with Crippen LogP contribution in [0.1, 0.15) is 0 Å². The van der Waals surface area contributed by atoms with Gasteiger partial charge in [-0.2, -0.15) is 0 Å². The fraction of sp³-hybridized carbons (Fsp3) is 0.158. The minimum atomic E-state index is -3.38. The Labute approximate surface area is 167 Å². The van der Waals surface area contributed by atoms with Crippen molar-refractivity contribution in [3.8, 4) is 33.9 Å². The average molecular weight is 418 g/mol. The van der Waals surface area contributed by atoms with Gasteiger partial charge in [0.1, 0.15) is 13.2 Å². The van der Waals surface area contributed by atoms with Crippen LogP contribution in [-0.2, 0) is 10.0 Å². The van der Waals surface area contributed by atoms with Crippen LogP contribution in [0.4, 0.5) is 5.69 Å². The molecule has 0 atom stereocenters. The number of nitrogens with zero attached hydrogens (tertiary/aromatic N) is 2. The van der Waals surface area contributed by atoms with E-state index in [4.69, 9.17) is 21.1 Å². The first-order chi connectivity index (χ1) is 13.4. The molecular formula is C19H16ClN3O4S. The molecule has 9 heteroatoms. The van der Waals surface area contributed by atoms with Crippen LogP contribution in [0.2, 0.25) is 5.02 Å². The van der Waals surface area contributed by atoms with Gasteiger partial charge in [-0.25, -0.2) is 13.4 Å². The minimum absolute atomic E-state index is 0.397. The number of fused-ring (bicyclic) bond motifs is 1. The van der Waals surface area contributed by atoms with Gasteiger partial charge in [0.05, 0.1) is 11.3 Å². The lowest BCUT2D eigenvalue weighted by Gasteiger charge is -2.20. The fourth-order valence-corrected chi connectivity index (χ4v) is 3.79. The number of pyridine rings is 2. The zero-order valence-electron chi connectivity index (χ0n) is 14.8. The summed E-state index contributed by atoms with van der Waals surface area (Å²) < 4.78 is 36.5. The van der Waals surface area contributed by atoms with Crippen LogP contribution < -0.4 is 14.2 Å². The summed E-state index contributed by atoms with van der Waals surface area (Å²) in [6.07, 6.45) is 6.17. The molecule has 7 nitrogen and oxygen atoms in total. The van der Waals surface area contributed by atoms with Crippen LogP contribution in [0.15, 0.2) is 48.9 Å². The van der Waals surface area contributed by atoms with E-state index in [0.717, 1.165) is 28.5 Å². The summed E-state index contributed by atoms with van der Waals surface area (Å²) in [5.74, 6) is 1.05. The number of halogens is 1. The lowest BCUT2D eigenvalue weighted by atomic mass is 10.0. The van der Waals surface area contributed by atoms with E-state index in [1.165, 1.54) is 0 Å². The van der Waals surface area contributed by atoms with Gasteiger partial charge in [-0.3, -0.25) is 9.71 Å². The van der Waals surface area contributed by atoms with Gasteiger partial charge < -0.3 is 9.47 Å². The summed E-state index contributed by atoms with van der Waals surface area (Å²) in [4.78, 5) is 8.52. The van der Waals surface area contributed by atoms with Gasteiger partial charge in [-0.15, -0.1) is 0 Å². The highest BCUT2D eigenvalue weighted by atomic mass is 35.5. The lowest BCUT2D eigenvalue weighted by Crippen LogP contribution is -2.16. The zero-order chi connectivity index (χ0) is 19.7. The summed E-state index contributed by atoms with van der Waals surface area (Å²) in [7, 11) is -3.38. The van der Waals surface area contributed by atoms with E-state index >= 15 is 0 Å². The van der Waals surface area contributed by atoms with Crippen LogP contribution in [0.25, 0.3) is 22.3 Å². The van der Waals surface area contributed by atoms with Gasteiger partial charge in [-0.05, 0) is 24.3 Å². The Bertz CT molecular complexity index is 1150. The molecule has 0 bridgehead atoms. The molecule has 2 aromatic heterocycles. The molecule has 144 valence electrons. The maximum atomic E-state index is 11.4. The largest absolute Gasteiger partial charge is 0.484 e. The Balaban J connectivity index is 1.72. The van der Waals surface area contributed by atoms with Crippen molar-refractivity contribution < 1.29 is 17.9 Å². The van der Waals surface area contributed by atoms with Gasteiger partial charge in [0.15, 0.2) is 5.75 Å². The summed E-state index contributed by atoms with van der Waals surface area (Å²) in [5.41, 5.74) is 3.57. The van der Waals surface area contributed by atoms with Crippen molar-refractivity contribution >= 4 is 27.3 Å². The van der Waals surface area contributed by atoms with E-state index in [1.54, 1.807) is 36.8 Å². The molecule has 1 aromatic carbocycles. The van der Waals surface area contributed by atoms with Crippen LogP contribution in [0.5, 0.6) is 11.6 Å². The summed E-state index contributed by atoms with van der Waals surface area (Å²) >= 11 is 6.39. The maximum Gasteiger partial charge on any atom is 0.257 e. The standard InChI is InChI=1S/C19H16ClN3O4S/c1-28(24,25)23-14-2-3-15(17(20)9-14)12-8-13(11-21-10-12)16-4-5-22-19-18(16)26-6-7-27-19/h2-5,8-11,23H,6-7H2,1H3. The topological polar surface area (TPSA) is 90.4 Å². The number of rotatable bonds is 4. The van der Waals surface area contributed by atoms with Gasteiger partial charge in [-0.1, -0.05) is 17.7 Å². The molecule has 0 amide bonds. The second-order valence-corrected chi connectivity index (χ2v) is 8.38. The smallest absolute Gasteiger partial charge is 0.257 e. The van der Waals surface area contributed by atoms with Crippen molar-refractivity contribution in [2.24, 2.45) is 0 Å². The van der Waals surface area contributed by atoms with Gasteiger partial charge in [0, 0.05) is 46.5 Å². The van der Waals surface area contributed by atoms with Crippen LogP contribution in [0.3, 0.4) is 0 Å². The fourth-order valence-electron chi connectivity index (χ4n) is 2.94. The molecule has 1 aliphatic heterocycles. The summed E-state index contributed by atoms with van der Waals surface area (Å²) in [6.45, 7) is 0.921. The number of hydrogen-bond acceptors (Lipinski definition) is 6. The predicted molar refractivity (Wildman–Crippen MR) is 107 cm³/mol. The first-order valence-corrected chi connectivity index (χ1v) is 10.7. The molecule has 0 saturated carbocycles. The van der Waals surface area contributed by atoms with Crippen molar-refractivity contribution in [2.75, 3.05) is 24.2 Å². The molecule has 28 heavy (non-hydrogen) atoms. The van der Waals surface area contributed by atoms with Gasteiger partial charge in [0.25, 0.3) is 5.88 Å². The Hall–Kier alpha value is -2.84. The zero-order valence-corrected chi connectivity index (χ0v) is 16.4. The van der Waals surface area contributed by atoms with E-state index in [9.17, 15) is 8.42 Å². The number of sulfonamides is 1. The summed E-state index contributed by atoms with van der Waals surface area (Å²) in [6, 6.07) is 8.74. The van der Waals surface area contributed by atoms with Gasteiger partial charge in [0.2, 0.25) is 10.0 Å². The second kappa shape index (κ2) is 7.29. The molecule has 0 unspecified atom stereocenters. The number of nitrogens with one attached hydrogen (secondary N) is 1. The number of benzene rings is 1. The highest BCUT2D eigenvalue weighted by Gasteiger charge is 2.19. The number of hydrogen-bond donors (Lipinski definition) is 1. The first-order valence-electron chi connectivity index (χ1n) is 8.38. The lowest BCUT2D eigenvalue weighted by molar-refractivity contribution is 0.165. The molecule has 0 fully saturated rings. The van der Waals surface area contributed by atoms with Crippen molar-refractivity contribution in [3.63, 3.8) is 0 Å². The number of ether oxygens (including phenoxy) is 2. The Morgan fingerprint density at radius 2 is 1.79 bits per heavy atom. The molecule has 0 radical (unpaired) electrons. The summed E-state index contributed by atoms with van der Waals surface area (Å²) in [5, 5.41) is 0.406. The van der Waals surface area contributed by atoms with Crippen molar-refractivity contribution in [3.05, 3.63) is 53.9 Å². The first kappa shape index (κ1) is 18.5. The minimum Gasteiger partial charge on any atom is -0.484 e. The second-order valence-electron chi connectivity index (χ2n) is 6.22. The third-order valence-corrected chi connectivity index (χ3v) is 4.99. The SMILES string of the molecule is CS(=O)(=O)Nc1ccc(-c2cncc(-c3ccnc4c3OCCO4)c2)c(Cl)c1. The normalized spacial score (nSPS) is 13.2. The predicted octanol–water partition coefficient (Wildman–Crippen LogP) is 3.61. The van der Waals surface area contributed by atoms with Crippen LogP contribution >= 0.6 is 11.6 Å². The number of anilines is 1. The molecule has 4 rings (SSSR count). The van der Waals surface area contributed by atoms with Crippen LogP contribution in [0, 0.1) is 0 Å². The molecule has 3 heterocycles. The Kier molecular flexibility index (Phi) is 4.82. The number of aromatic nitrogens is 2. The van der Waals surface area contributed by atoms with E-state index < -0.39 is 10.0 Å². The van der Waals surface area contributed by atoms with E-state index in [-0.39, 0.29) is 0 Å². The Morgan fingerprint density at radius 3 is 2.54 bits per heavy atom. The van der Waals surface area contributed by atoms with Crippen molar-refractivity contribution in [1.82, 2.24) is 9.97 Å². The maximum absolute atomic E-state index is 11.4.